The molecular formula is C17H20IN. The molecule has 0 saturated carbocycles. The summed E-state index contributed by atoms with van der Waals surface area (Å²) in [5, 5.41) is 3.56. The van der Waals surface area contributed by atoms with Crippen molar-refractivity contribution in [2.75, 3.05) is 5.32 Å². The number of benzene rings is 2. The van der Waals surface area contributed by atoms with Gasteiger partial charge in [-0.2, -0.15) is 0 Å². The molecule has 0 heterocycles. The topological polar surface area (TPSA) is 12.0 Å². The highest BCUT2D eigenvalue weighted by molar-refractivity contribution is 14.1. The van der Waals surface area contributed by atoms with Gasteiger partial charge in [0.2, 0.25) is 0 Å². The highest BCUT2D eigenvalue weighted by Crippen LogP contribution is 2.22. The minimum Gasteiger partial charge on any atom is -0.378 e. The molecule has 100 valence electrons. The molecule has 0 amide bonds. The Labute approximate surface area is 129 Å². The van der Waals surface area contributed by atoms with Crippen molar-refractivity contribution in [3.63, 3.8) is 0 Å². The number of anilines is 1. The Morgan fingerprint density at radius 1 is 1.11 bits per heavy atom. The smallest absolute Gasteiger partial charge is 0.0485 e. The first-order valence-electron chi connectivity index (χ1n) is 6.71. The van der Waals surface area contributed by atoms with Crippen molar-refractivity contribution in [3.8, 4) is 0 Å². The molecule has 1 unspecified atom stereocenters. The van der Waals surface area contributed by atoms with Crippen molar-refractivity contribution < 1.29 is 0 Å². The summed E-state index contributed by atoms with van der Waals surface area (Å²) in [4.78, 5) is 0. The zero-order valence-electron chi connectivity index (χ0n) is 11.7. The monoisotopic (exact) mass is 365 g/mol. The Morgan fingerprint density at radius 2 is 1.79 bits per heavy atom. The van der Waals surface area contributed by atoms with E-state index in [9.17, 15) is 0 Å². The van der Waals surface area contributed by atoms with E-state index in [1.165, 1.54) is 25.9 Å². The van der Waals surface area contributed by atoms with Crippen LogP contribution in [0.1, 0.15) is 36.6 Å². The van der Waals surface area contributed by atoms with E-state index in [1.807, 2.05) is 0 Å². The van der Waals surface area contributed by atoms with E-state index in [0.29, 0.717) is 6.04 Å². The van der Waals surface area contributed by atoms with Crippen LogP contribution < -0.4 is 5.32 Å². The molecule has 0 aliphatic carbocycles. The van der Waals surface area contributed by atoms with Gasteiger partial charge in [-0.3, -0.25) is 0 Å². The molecule has 0 aromatic heterocycles. The largest absolute Gasteiger partial charge is 0.378 e. The van der Waals surface area contributed by atoms with Crippen LogP contribution in [0.15, 0.2) is 42.5 Å². The quantitative estimate of drug-likeness (QED) is 0.722. The van der Waals surface area contributed by atoms with Crippen molar-refractivity contribution in [3.05, 3.63) is 62.7 Å². The average Bonchev–Trinajstić information content (AvgIpc) is 2.43. The van der Waals surface area contributed by atoms with E-state index in [-0.39, 0.29) is 0 Å². The Hall–Kier alpha value is -1.03. The third-order valence-corrected chi connectivity index (χ3v) is 4.61. The second kappa shape index (κ2) is 6.42. The zero-order valence-corrected chi connectivity index (χ0v) is 13.9. The summed E-state index contributed by atoms with van der Waals surface area (Å²) in [6.07, 6.45) is 1.10. The Balaban J connectivity index is 2.10. The first kappa shape index (κ1) is 14.4. The summed E-state index contributed by atoms with van der Waals surface area (Å²) in [7, 11) is 0. The van der Waals surface area contributed by atoms with Crippen LogP contribution in [0.4, 0.5) is 5.69 Å². The minimum absolute atomic E-state index is 0.324. The lowest BCUT2D eigenvalue weighted by molar-refractivity contribution is 0.882. The molecule has 1 N–H and O–H groups in total. The van der Waals surface area contributed by atoms with Crippen LogP contribution in [0, 0.1) is 10.5 Å². The normalized spacial score (nSPS) is 12.2. The van der Waals surface area contributed by atoms with Crippen LogP contribution in [0.5, 0.6) is 0 Å². The molecular weight excluding hydrogens is 345 g/mol. The Bertz CT molecular complexity index is 546. The highest BCUT2D eigenvalue weighted by atomic mass is 127. The maximum absolute atomic E-state index is 3.56. The van der Waals surface area contributed by atoms with Gasteiger partial charge in [0.15, 0.2) is 0 Å². The third-order valence-electron chi connectivity index (χ3n) is 3.44. The van der Waals surface area contributed by atoms with Crippen molar-refractivity contribution in [1.29, 1.82) is 0 Å². The number of rotatable bonds is 4. The van der Waals surface area contributed by atoms with Crippen LogP contribution in [-0.2, 0) is 6.42 Å². The molecule has 1 atom stereocenters. The number of halogens is 1. The maximum atomic E-state index is 3.56. The van der Waals surface area contributed by atoms with Gasteiger partial charge in [0.25, 0.3) is 0 Å². The summed E-state index contributed by atoms with van der Waals surface area (Å²) < 4.78 is 1.30. The van der Waals surface area contributed by atoms with Crippen LogP contribution in [-0.4, -0.2) is 0 Å². The molecule has 0 fully saturated rings. The Morgan fingerprint density at radius 3 is 2.37 bits per heavy atom. The molecule has 0 spiro atoms. The molecule has 2 heteroatoms. The summed E-state index contributed by atoms with van der Waals surface area (Å²) >= 11 is 2.38. The first-order chi connectivity index (χ1) is 9.10. The fourth-order valence-electron chi connectivity index (χ4n) is 2.06. The molecule has 0 aliphatic heterocycles. The SMILES string of the molecule is CCc1ccc(C(C)Nc2ccc(C)c(I)c2)cc1. The predicted molar refractivity (Wildman–Crippen MR) is 91.8 cm³/mol. The van der Waals surface area contributed by atoms with Crippen molar-refractivity contribution in [2.45, 2.75) is 33.2 Å². The van der Waals surface area contributed by atoms with E-state index >= 15 is 0 Å². The molecule has 0 aliphatic rings. The van der Waals surface area contributed by atoms with Gasteiger partial charge in [0.05, 0.1) is 0 Å². The van der Waals surface area contributed by atoms with E-state index in [0.717, 1.165) is 6.42 Å². The fraction of sp³-hybridized carbons (Fsp3) is 0.294. The van der Waals surface area contributed by atoms with Gasteiger partial charge in [-0.1, -0.05) is 37.3 Å². The predicted octanol–water partition coefficient (Wildman–Crippen LogP) is 5.34. The Kier molecular flexibility index (Phi) is 4.86. The summed E-state index contributed by atoms with van der Waals surface area (Å²) in [6, 6.07) is 15.7. The van der Waals surface area contributed by atoms with Gasteiger partial charge in [-0.15, -0.1) is 0 Å². The summed E-state index contributed by atoms with van der Waals surface area (Å²) in [6.45, 7) is 6.52. The van der Waals surface area contributed by atoms with E-state index in [4.69, 9.17) is 0 Å². The van der Waals surface area contributed by atoms with Gasteiger partial charge in [-0.25, -0.2) is 0 Å². The van der Waals surface area contributed by atoms with Gasteiger partial charge in [0.1, 0.15) is 0 Å². The van der Waals surface area contributed by atoms with Crippen molar-refractivity contribution >= 4 is 28.3 Å². The number of aryl methyl sites for hydroxylation is 2. The summed E-state index contributed by atoms with van der Waals surface area (Å²) in [5.41, 5.74) is 5.22. The lowest BCUT2D eigenvalue weighted by Gasteiger charge is -2.16. The van der Waals surface area contributed by atoms with Gasteiger partial charge in [0, 0.05) is 15.3 Å². The second-order valence-corrected chi connectivity index (χ2v) is 6.09. The van der Waals surface area contributed by atoms with Crippen molar-refractivity contribution in [2.24, 2.45) is 0 Å². The minimum atomic E-state index is 0.324. The first-order valence-corrected chi connectivity index (χ1v) is 7.79. The molecule has 2 aromatic rings. The molecule has 2 rings (SSSR count). The number of nitrogens with one attached hydrogen (secondary N) is 1. The highest BCUT2D eigenvalue weighted by Gasteiger charge is 2.06. The van der Waals surface area contributed by atoms with E-state index < -0.39 is 0 Å². The second-order valence-electron chi connectivity index (χ2n) is 4.93. The number of hydrogen-bond donors (Lipinski definition) is 1. The van der Waals surface area contributed by atoms with Gasteiger partial charge >= 0.3 is 0 Å². The fourth-order valence-corrected chi connectivity index (χ4v) is 2.57. The lowest BCUT2D eigenvalue weighted by atomic mass is 10.0. The third kappa shape index (κ3) is 3.72. The average molecular weight is 365 g/mol. The lowest BCUT2D eigenvalue weighted by Crippen LogP contribution is -2.06. The number of hydrogen-bond acceptors (Lipinski definition) is 1. The van der Waals surface area contributed by atoms with Gasteiger partial charge < -0.3 is 5.32 Å². The van der Waals surface area contributed by atoms with Crippen LogP contribution in [0.2, 0.25) is 0 Å². The molecule has 0 radical (unpaired) electrons. The van der Waals surface area contributed by atoms with Crippen molar-refractivity contribution in [1.82, 2.24) is 0 Å². The molecule has 19 heavy (non-hydrogen) atoms. The molecule has 1 nitrogen and oxygen atoms in total. The standard InChI is InChI=1S/C17H20IN/c1-4-14-6-8-15(9-7-14)13(3)19-16-10-5-12(2)17(18)11-16/h5-11,13,19H,4H2,1-3H3. The maximum Gasteiger partial charge on any atom is 0.0485 e. The van der Waals surface area contributed by atoms with Crippen LogP contribution in [0.3, 0.4) is 0 Å². The van der Waals surface area contributed by atoms with Gasteiger partial charge in [-0.05, 0) is 71.7 Å². The van der Waals surface area contributed by atoms with E-state index in [2.05, 4.69) is 91.1 Å². The molecule has 0 saturated heterocycles. The molecule has 0 bridgehead atoms. The van der Waals surface area contributed by atoms with Crippen LogP contribution in [0.25, 0.3) is 0 Å². The van der Waals surface area contributed by atoms with E-state index in [1.54, 1.807) is 0 Å². The summed E-state index contributed by atoms with van der Waals surface area (Å²) in [5.74, 6) is 0. The molecule has 2 aromatic carbocycles. The van der Waals surface area contributed by atoms with Crippen LogP contribution >= 0.6 is 22.6 Å². The zero-order chi connectivity index (χ0) is 13.8.